The lowest BCUT2D eigenvalue weighted by atomic mass is 10.0. The molecular weight excluding hydrogens is 362 g/mol. The van der Waals surface area contributed by atoms with E-state index in [9.17, 15) is 8.42 Å². The fraction of sp³-hybridized carbons (Fsp3) is 0.421. The second kappa shape index (κ2) is 8.03. The van der Waals surface area contributed by atoms with Crippen molar-refractivity contribution in [3.8, 4) is 6.07 Å². The fourth-order valence-corrected chi connectivity index (χ4v) is 4.55. The molecule has 0 bridgehead atoms. The zero-order chi connectivity index (χ0) is 19.4. The van der Waals surface area contributed by atoms with Crippen molar-refractivity contribution in [2.24, 2.45) is 0 Å². The standard InChI is InChI=1S/C19H23N5O2S/c1-14(2)16-5-3-15(4-6-16)13-27(25,26)23-18-9-10-24(12-18)19-8-7-17(11-20)21-22-19/h3-8,14,18,23H,9-10,12-13H2,1-2H3/t18-/m0/s1. The lowest BCUT2D eigenvalue weighted by molar-refractivity contribution is 0.560. The predicted molar refractivity (Wildman–Crippen MR) is 104 cm³/mol. The number of nitrogens with one attached hydrogen (secondary N) is 1. The highest BCUT2D eigenvalue weighted by molar-refractivity contribution is 7.88. The summed E-state index contributed by atoms with van der Waals surface area (Å²) in [5.41, 5.74) is 2.23. The van der Waals surface area contributed by atoms with Gasteiger partial charge in [0.25, 0.3) is 0 Å². The van der Waals surface area contributed by atoms with Gasteiger partial charge in [0.05, 0.1) is 5.75 Å². The van der Waals surface area contributed by atoms with Crippen molar-refractivity contribution in [2.75, 3.05) is 18.0 Å². The molecule has 1 saturated heterocycles. The molecule has 0 spiro atoms. The van der Waals surface area contributed by atoms with E-state index in [1.54, 1.807) is 12.1 Å². The average Bonchev–Trinajstić information content (AvgIpc) is 3.09. The van der Waals surface area contributed by atoms with Crippen LogP contribution in [0.4, 0.5) is 5.82 Å². The highest BCUT2D eigenvalue weighted by atomic mass is 32.2. The van der Waals surface area contributed by atoms with Crippen LogP contribution in [0.1, 0.15) is 43.0 Å². The number of nitriles is 1. The molecule has 1 atom stereocenters. The summed E-state index contributed by atoms with van der Waals surface area (Å²) in [6, 6.07) is 12.8. The summed E-state index contributed by atoms with van der Waals surface area (Å²) in [4.78, 5) is 1.97. The van der Waals surface area contributed by atoms with E-state index >= 15 is 0 Å². The maximum absolute atomic E-state index is 12.5. The third-order valence-electron chi connectivity index (χ3n) is 4.63. The number of rotatable bonds is 6. The summed E-state index contributed by atoms with van der Waals surface area (Å²) < 4.78 is 27.8. The molecule has 0 radical (unpaired) electrons. The SMILES string of the molecule is CC(C)c1ccc(CS(=O)(=O)N[C@H]2CCN(c3ccc(C#N)nn3)C2)cc1. The van der Waals surface area contributed by atoms with E-state index in [4.69, 9.17) is 5.26 Å². The highest BCUT2D eigenvalue weighted by Gasteiger charge is 2.27. The molecule has 1 aliphatic heterocycles. The Hall–Kier alpha value is -2.50. The molecular formula is C19H23N5O2S. The van der Waals surface area contributed by atoms with Crippen molar-refractivity contribution < 1.29 is 8.42 Å². The van der Waals surface area contributed by atoms with Gasteiger partial charge < -0.3 is 4.90 Å². The second-order valence-electron chi connectivity index (χ2n) is 7.09. The van der Waals surface area contributed by atoms with Crippen molar-refractivity contribution in [3.05, 3.63) is 53.2 Å². The third kappa shape index (κ3) is 5.02. The third-order valence-corrected chi connectivity index (χ3v) is 6.03. The van der Waals surface area contributed by atoms with E-state index in [1.165, 1.54) is 5.56 Å². The van der Waals surface area contributed by atoms with Crippen LogP contribution < -0.4 is 9.62 Å². The Morgan fingerprint density at radius 3 is 2.56 bits per heavy atom. The van der Waals surface area contributed by atoms with Gasteiger partial charge in [-0.15, -0.1) is 10.2 Å². The molecule has 0 unspecified atom stereocenters. The molecule has 0 saturated carbocycles. The molecule has 142 valence electrons. The summed E-state index contributed by atoms with van der Waals surface area (Å²) in [6.07, 6.45) is 0.702. The Bertz CT molecular complexity index is 918. The van der Waals surface area contributed by atoms with E-state index in [2.05, 4.69) is 28.8 Å². The topological polar surface area (TPSA) is 99.0 Å². The molecule has 1 aromatic carbocycles. The zero-order valence-corrected chi connectivity index (χ0v) is 16.3. The molecule has 3 rings (SSSR count). The van der Waals surface area contributed by atoms with E-state index in [0.717, 1.165) is 5.56 Å². The number of anilines is 1. The Morgan fingerprint density at radius 1 is 1.22 bits per heavy atom. The number of benzene rings is 1. The maximum atomic E-state index is 12.5. The largest absolute Gasteiger partial charge is 0.353 e. The first-order valence-electron chi connectivity index (χ1n) is 8.94. The average molecular weight is 385 g/mol. The van der Waals surface area contributed by atoms with Crippen LogP contribution in [-0.2, 0) is 15.8 Å². The van der Waals surface area contributed by atoms with Crippen LogP contribution in [-0.4, -0.2) is 37.7 Å². The first kappa shape index (κ1) is 19.3. The molecule has 7 nitrogen and oxygen atoms in total. The molecule has 2 aromatic rings. The van der Waals surface area contributed by atoms with Gasteiger partial charge in [-0.25, -0.2) is 13.1 Å². The Labute approximate surface area is 160 Å². The van der Waals surface area contributed by atoms with Crippen LogP contribution in [0.15, 0.2) is 36.4 Å². The normalized spacial score (nSPS) is 17.3. The van der Waals surface area contributed by atoms with Crippen LogP contribution >= 0.6 is 0 Å². The maximum Gasteiger partial charge on any atom is 0.216 e. The lowest BCUT2D eigenvalue weighted by Gasteiger charge is -2.17. The zero-order valence-electron chi connectivity index (χ0n) is 15.5. The van der Waals surface area contributed by atoms with Crippen molar-refractivity contribution in [1.29, 1.82) is 5.26 Å². The van der Waals surface area contributed by atoms with Gasteiger partial charge in [0.1, 0.15) is 6.07 Å². The van der Waals surface area contributed by atoms with Gasteiger partial charge in [0.2, 0.25) is 10.0 Å². The quantitative estimate of drug-likeness (QED) is 0.818. The molecule has 8 heteroatoms. The first-order valence-corrected chi connectivity index (χ1v) is 10.6. The van der Waals surface area contributed by atoms with Crippen molar-refractivity contribution >= 4 is 15.8 Å². The minimum Gasteiger partial charge on any atom is -0.353 e. The van der Waals surface area contributed by atoms with Crippen LogP contribution in [0, 0.1) is 11.3 Å². The van der Waals surface area contributed by atoms with Gasteiger partial charge in [-0.05, 0) is 35.6 Å². The van der Waals surface area contributed by atoms with Gasteiger partial charge in [-0.2, -0.15) is 5.26 Å². The molecule has 1 N–H and O–H groups in total. The van der Waals surface area contributed by atoms with Gasteiger partial charge in [-0.3, -0.25) is 0 Å². The monoisotopic (exact) mass is 385 g/mol. The highest BCUT2D eigenvalue weighted by Crippen LogP contribution is 2.19. The molecule has 0 amide bonds. The van der Waals surface area contributed by atoms with Crippen LogP contribution in [0.5, 0.6) is 0 Å². The smallest absolute Gasteiger partial charge is 0.216 e. The van der Waals surface area contributed by atoms with Crippen LogP contribution in [0.3, 0.4) is 0 Å². The van der Waals surface area contributed by atoms with Gasteiger partial charge in [-0.1, -0.05) is 38.1 Å². The molecule has 1 aliphatic rings. The fourth-order valence-electron chi connectivity index (χ4n) is 3.13. The molecule has 27 heavy (non-hydrogen) atoms. The summed E-state index contributed by atoms with van der Waals surface area (Å²) in [5.74, 6) is 1.04. The summed E-state index contributed by atoms with van der Waals surface area (Å²) in [7, 11) is -3.42. The summed E-state index contributed by atoms with van der Waals surface area (Å²) in [6.45, 7) is 5.44. The minimum atomic E-state index is -3.42. The van der Waals surface area contributed by atoms with Crippen molar-refractivity contribution in [3.63, 3.8) is 0 Å². The van der Waals surface area contributed by atoms with E-state index in [1.807, 2.05) is 35.2 Å². The Balaban J connectivity index is 1.58. The predicted octanol–water partition coefficient (Wildman–Crippen LogP) is 2.17. The van der Waals surface area contributed by atoms with Crippen molar-refractivity contribution in [2.45, 2.75) is 38.0 Å². The Kier molecular flexibility index (Phi) is 5.73. The summed E-state index contributed by atoms with van der Waals surface area (Å²) in [5, 5.41) is 16.6. The number of aromatic nitrogens is 2. The molecule has 1 aromatic heterocycles. The second-order valence-corrected chi connectivity index (χ2v) is 8.85. The summed E-state index contributed by atoms with van der Waals surface area (Å²) >= 11 is 0. The van der Waals surface area contributed by atoms with E-state index in [-0.39, 0.29) is 17.5 Å². The number of nitrogens with zero attached hydrogens (tertiary/aromatic N) is 4. The van der Waals surface area contributed by atoms with Crippen LogP contribution in [0.25, 0.3) is 0 Å². The van der Waals surface area contributed by atoms with Gasteiger partial charge >= 0.3 is 0 Å². The van der Waals surface area contributed by atoms with Crippen molar-refractivity contribution in [1.82, 2.24) is 14.9 Å². The first-order chi connectivity index (χ1) is 12.9. The Morgan fingerprint density at radius 2 is 1.96 bits per heavy atom. The molecule has 0 aliphatic carbocycles. The molecule has 2 heterocycles. The van der Waals surface area contributed by atoms with Gasteiger partial charge in [0, 0.05) is 19.1 Å². The van der Waals surface area contributed by atoms with Crippen LogP contribution in [0.2, 0.25) is 0 Å². The number of hydrogen-bond acceptors (Lipinski definition) is 6. The minimum absolute atomic E-state index is 0.0292. The van der Waals surface area contributed by atoms with E-state index < -0.39 is 10.0 Å². The number of hydrogen-bond donors (Lipinski definition) is 1. The van der Waals surface area contributed by atoms with Gasteiger partial charge in [0.15, 0.2) is 11.5 Å². The van der Waals surface area contributed by atoms with E-state index in [0.29, 0.717) is 31.2 Å². The number of sulfonamides is 1. The lowest BCUT2D eigenvalue weighted by Crippen LogP contribution is -2.37. The molecule has 1 fully saturated rings.